The second-order valence-corrected chi connectivity index (χ2v) is 8.65. The minimum Gasteiger partial charge on any atom is -0.533 e. The Labute approximate surface area is 219 Å². The molecule has 0 saturated heterocycles. The Morgan fingerprint density at radius 1 is 0.719 bits per heavy atom. The van der Waals surface area contributed by atoms with Crippen LogP contribution in [0.15, 0.2) is 60.7 Å². The maximum atomic E-state index is 4.53. The number of aryl methyl sites for hydroxylation is 2. The average molecular weight is 520 g/mol. The van der Waals surface area contributed by atoms with Crippen molar-refractivity contribution < 1.29 is 26.2 Å². The van der Waals surface area contributed by atoms with Gasteiger partial charge in [0, 0.05) is 0 Å². The van der Waals surface area contributed by atoms with Gasteiger partial charge in [-0.3, -0.25) is 0 Å². The van der Waals surface area contributed by atoms with Gasteiger partial charge < -0.3 is 12.6 Å². The first-order valence-corrected chi connectivity index (χ1v) is 12.1. The van der Waals surface area contributed by atoms with E-state index >= 15 is 0 Å². The number of rotatable bonds is 2. The molecule has 0 aliphatic carbocycles. The topological polar surface area (TPSA) is 0 Å². The second-order valence-electron chi connectivity index (χ2n) is 8.65. The van der Waals surface area contributed by atoms with E-state index in [0.717, 1.165) is 0 Å². The van der Waals surface area contributed by atoms with Crippen molar-refractivity contribution in [2.45, 2.75) is 67.2 Å². The third kappa shape index (κ3) is 8.53. The number of hydrogen-bond donors (Lipinski definition) is 0. The number of hydrogen-bond acceptors (Lipinski definition) is 0. The molecule has 2 heteroatoms. The molecule has 0 bridgehead atoms. The molecule has 0 saturated carbocycles. The van der Waals surface area contributed by atoms with Gasteiger partial charge in [-0.1, -0.05) is 64.8 Å². The predicted molar refractivity (Wildman–Crippen MR) is 147 cm³/mol. The van der Waals surface area contributed by atoms with E-state index in [-0.39, 0.29) is 26.2 Å². The maximum Gasteiger partial charge on any atom is 4.00 e. The number of benzene rings is 2. The molecule has 0 aliphatic rings. The van der Waals surface area contributed by atoms with Gasteiger partial charge in [0.05, 0.1) is 0 Å². The van der Waals surface area contributed by atoms with Gasteiger partial charge in [0.2, 0.25) is 0 Å². The molecule has 4 aromatic carbocycles. The molecule has 4 rings (SSSR count). The van der Waals surface area contributed by atoms with Gasteiger partial charge in [0.1, 0.15) is 0 Å². The molecule has 0 aromatic heterocycles. The van der Waals surface area contributed by atoms with Crippen LogP contribution in [0.2, 0.25) is 0 Å². The van der Waals surface area contributed by atoms with Crippen molar-refractivity contribution in [1.82, 2.24) is 0 Å². The van der Waals surface area contributed by atoms with E-state index < -0.39 is 0 Å². The summed E-state index contributed by atoms with van der Waals surface area (Å²) < 4.78 is 0. The standard InChI is InChI=1S/2C13H15.C3H7.CH3Si.Zr/c2*1-9(2)12-6-4-5-11-7-10(3)8-13(11)12;1-3-2;1-2;/h2*4-9H,1-3H3;3H,1-2H3;1H,2H2;/q4*-1;+4. The zero-order chi connectivity index (χ0) is 23.6. The van der Waals surface area contributed by atoms with Crippen molar-refractivity contribution in [2.24, 2.45) is 0 Å². The van der Waals surface area contributed by atoms with Crippen LogP contribution in [-0.4, -0.2) is 16.0 Å². The minimum atomic E-state index is 0. The van der Waals surface area contributed by atoms with Gasteiger partial charge in [-0.25, -0.2) is 9.85 Å². The fraction of sp³-hybridized carbons (Fsp3) is 0.333. The van der Waals surface area contributed by atoms with Crippen LogP contribution in [-0.2, 0) is 26.2 Å². The summed E-state index contributed by atoms with van der Waals surface area (Å²) in [6.45, 7) is 17.3. The predicted octanol–water partition coefficient (Wildman–Crippen LogP) is 8.14. The van der Waals surface area contributed by atoms with E-state index in [2.05, 4.69) is 108 Å². The molecule has 0 heterocycles. The van der Waals surface area contributed by atoms with E-state index in [1.807, 2.05) is 20.3 Å². The van der Waals surface area contributed by atoms with Crippen molar-refractivity contribution >= 4 is 37.6 Å². The van der Waals surface area contributed by atoms with E-state index in [9.17, 15) is 0 Å². The van der Waals surface area contributed by atoms with Crippen molar-refractivity contribution in [3.05, 3.63) is 89.3 Å². The Balaban J connectivity index is 0.000000489. The fourth-order valence-electron chi connectivity index (χ4n) is 3.82. The van der Waals surface area contributed by atoms with Crippen molar-refractivity contribution in [3.63, 3.8) is 0 Å². The smallest absolute Gasteiger partial charge is 0.533 e. The first-order chi connectivity index (χ1) is 14.8. The largest absolute Gasteiger partial charge is 4.00 e. The molecule has 168 valence electrons. The summed E-state index contributed by atoms with van der Waals surface area (Å²) in [6, 6.07) is 22.2. The van der Waals surface area contributed by atoms with Gasteiger partial charge in [-0.2, -0.15) is 26.0 Å². The molecule has 0 radical (unpaired) electrons. The van der Waals surface area contributed by atoms with Crippen LogP contribution >= 0.6 is 0 Å². The van der Waals surface area contributed by atoms with Gasteiger partial charge in [0.25, 0.3) is 0 Å². The molecule has 32 heavy (non-hydrogen) atoms. The molecule has 0 fully saturated rings. The van der Waals surface area contributed by atoms with Crippen LogP contribution in [0.25, 0.3) is 21.5 Å². The third-order valence-corrected chi connectivity index (χ3v) is 5.10. The van der Waals surface area contributed by atoms with Gasteiger partial charge in [-0.05, 0) is 11.8 Å². The molecule has 0 spiro atoms. The quantitative estimate of drug-likeness (QED) is 0.185. The van der Waals surface area contributed by atoms with Crippen LogP contribution in [0.1, 0.15) is 75.6 Å². The van der Waals surface area contributed by atoms with E-state index in [4.69, 9.17) is 0 Å². The Morgan fingerprint density at radius 3 is 1.31 bits per heavy atom. The Morgan fingerprint density at radius 2 is 1.03 bits per heavy atom. The average Bonchev–Trinajstić information content (AvgIpc) is 3.30. The van der Waals surface area contributed by atoms with Gasteiger partial charge in [-0.15, -0.1) is 69.1 Å². The molecule has 0 atom stereocenters. The summed E-state index contributed by atoms with van der Waals surface area (Å²) in [6.07, 6.45) is 6.53. The molecule has 0 amide bonds. The van der Waals surface area contributed by atoms with Gasteiger partial charge >= 0.3 is 26.2 Å². The summed E-state index contributed by atoms with van der Waals surface area (Å²) in [7, 11) is 1.36. The SMILES string of the molecule is C[CH-]C.Cc1cc2c(C(C)C)cccc2[cH-]1.Cc1cc2c(C(C)C)cccc2[cH-]1.[CH-]=[SiH2].[Zr+4]. The van der Waals surface area contributed by atoms with Crippen molar-refractivity contribution in [2.75, 3.05) is 0 Å². The molecule has 0 N–H and O–H groups in total. The summed E-state index contributed by atoms with van der Waals surface area (Å²) in [5.41, 5.74) is 5.66. The van der Waals surface area contributed by atoms with Crippen LogP contribution < -0.4 is 0 Å². The van der Waals surface area contributed by atoms with E-state index in [0.29, 0.717) is 11.8 Å². The van der Waals surface area contributed by atoms with E-state index in [1.54, 1.807) is 0 Å². The summed E-state index contributed by atoms with van der Waals surface area (Å²) in [4.78, 5) is 0. The van der Waals surface area contributed by atoms with Crippen molar-refractivity contribution in [1.29, 1.82) is 0 Å². The zero-order valence-corrected chi connectivity index (χ0v) is 25.2. The Kier molecular flexibility index (Phi) is 14.8. The Bertz CT molecular complexity index is 965. The summed E-state index contributed by atoms with van der Waals surface area (Å²) in [5, 5.41) is 5.61. The fourth-order valence-corrected chi connectivity index (χ4v) is 3.82. The summed E-state index contributed by atoms with van der Waals surface area (Å²) >= 11 is 0. The molecule has 0 unspecified atom stereocenters. The first kappa shape index (κ1) is 30.6. The molecular weight excluding hydrogens is 480 g/mol. The van der Waals surface area contributed by atoms with Crippen LogP contribution in [0, 0.1) is 20.3 Å². The first-order valence-electron chi connectivity index (χ1n) is 11.2. The van der Waals surface area contributed by atoms with Crippen LogP contribution in [0.4, 0.5) is 0 Å². The molecule has 4 aromatic rings. The van der Waals surface area contributed by atoms with Crippen LogP contribution in [0.5, 0.6) is 0 Å². The second kappa shape index (κ2) is 15.5. The van der Waals surface area contributed by atoms with Gasteiger partial charge in [0.15, 0.2) is 0 Å². The monoisotopic (exact) mass is 518 g/mol. The third-order valence-electron chi connectivity index (χ3n) is 5.10. The Hall–Kier alpha value is -1.37. The van der Waals surface area contributed by atoms with E-state index in [1.165, 1.54) is 53.7 Å². The zero-order valence-electron chi connectivity index (χ0n) is 21.3. The molecule has 0 nitrogen and oxygen atoms in total. The number of fused-ring (bicyclic) bond motifs is 2. The summed E-state index contributed by atoms with van der Waals surface area (Å²) in [5.74, 6) is 1.23. The molecular formula is C30H40SiZr. The maximum absolute atomic E-state index is 4.53. The minimum absolute atomic E-state index is 0. The molecule has 0 aliphatic heterocycles. The normalized spacial score (nSPS) is 9.94. The van der Waals surface area contributed by atoms with Crippen LogP contribution in [0.3, 0.4) is 0 Å². The van der Waals surface area contributed by atoms with Crippen molar-refractivity contribution in [3.8, 4) is 0 Å².